The first-order valence-electron chi connectivity index (χ1n) is 9.18. The Morgan fingerprint density at radius 3 is 2.31 bits per heavy atom. The van der Waals surface area contributed by atoms with Crippen molar-refractivity contribution in [1.29, 1.82) is 0 Å². The van der Waals surface area contributed by atoms with Gasteiger partial charge >= 0.3 is 0 Å². The number of anilines is 1. The molecule has 0 aliphatic carbocycles. The number of nitro groups is 1. The van der Waals surface area contributed by atoms with Crippen molar-refractivity contribution >= 4 is 45.1 Å². The van der Waals surface area contributed by atoms with E-state index in [4.69, 9.17) is 11.6 Å². The molecule has 0 aliphatic rings. The molecule has 3 aromatic rings. The van der Waals surface area contributed by atoms with Crippen LogP contribution >= 0.6 is 11.6 Å². The van der Waals surface area contributed by atoms with Crippen LogP contribution < -0.4 is 9.73 Å². The van der Waals surface area contributed by atoms with E-state index in [0.717, 1.165) is 16.4 Å². The fourth-order valence-electron chi connectivity index (χ4n) is 2.75. The lowest BCUT2D eigenvalue weighted by molar-refractivity contribution is -0.387. The smallest absolute Gasteiger partial charge is 0.271 e. The van der Waals surface area contributed by atoms with Crippen LogP contribution in [-0.2, 0) is 14.8 Å². The maximum absolute atomic E-state index is 13.3. The molecule has 0 saturated carbocycles. The molecular weight excluding hydrogens is 456 g/mol. The van der Waals surface area contributed by atoms with Gasteiger partial charge in [0.15, 0.2) is 4.90 Å². The van der Waals surface area contributed by atoms with Crippen LogP contribution in [0.4, 0.5) is 11.4 Å². The molecular formula is C21H17ClN4O5S. The quantitative estimate of drug-likeness (QED) is 0.305. The average molecular weight is 473 g/mol. The van der Waals surface area contributed by atoms with Crippen molar-refractivity contribution in [3.8, 4) is 0 Å². The van der Waals surface area contributed by atoms with Crippen LogP contribution in [0.5, 0.6) is 0 Å². The molecule has 0 aromatic heterocycles. The second-order valence-corrected chi connectivity index (χ2v) is 8.68. The highest BCUT2D eigenvalue weighted by Gasteiger charge is 2.32. The summed E-state index contributed by atoms with van der Waals surface area (Å²) in [6.45, 7) is -0.643. The number of rotatable bonds is 8. The minimum atomic E-state index is -4.44. The summed E-state index contributed by atoms with van der Waals surface area (Å²) in [5.41, 5.74) is 2.51. The summed E-state index contributed by atoms with van der Waals surface area (Å²) in [5, 5.41) is 15.7. The molecule has 0 spiro atoms. The van der Waals surface area contributed by atoms with Gasteiger partial charge in [0.05, 0.1) is 16.8 Å². The van der Waals surface area contributed by atoms with Gasteiger partial charge in [-0.25, -0.2) is 13.8 Å². The van der Waals surface area contributed by atoms with Crippen molar-refractivity contribution in [3.05, 3.63) is 99.6 Å². The number of sulfonamides is 1. The van der Waals surface area contributed by atoms with E-state index in [9.17, 15) is 23.3 Å². The van der Waals surface area contributed by atoms with Crippen LogP contribution in [0.25, 0.3) is 0 Å². The Bertz CT molecular complexity index is 1250. The van der Waals surface area contributed by atoms with E-state index in [-0.39, 0.29) is 5.69 Å². The van der Waals surface area contributed by atoms with Crippen LogP contribution in [0, 0.1) is 10.1 Å². The highest BCUT2D eigenvalue weighted by molar-refractivity contribution is 7.93. The summed E-state index contributed by atoms with van der Waals surface area (Å²) in [4.78, 5) is 22.5. The second kappa shape index (κ2) is 10.0. The highest BCUT2D eigenvalue weighted by atomic mass is 35.5. The number of amides is 1. The van der Waals surface area contributed by atoms with Gasteiger partial charge in [-0.2, -0.15) is 5.10 Å². The summed E-state index contributed by atoms with van der Waals surface area (Å²) in [7, 11) is -4.44. The zero-order valence-electron chi connectivity index (χ0n) is 16.5. The lowest BCUT2D eigenvalue weighted by atomic mass is 10.2. The van der Waals surface area contributed by atoms with E-state index in [1.807, 2.05) is 0 Å². The Hall–Kier alpha value is -3.76. The SMILES string of the molecule is O=C(CN(c1ccccc1)S(=O)(=O)c1ccccc1[N+](=O)[O-])NN=Cc1ccc(Cl)cc1. The standard InChI is InChI=1S/C21H17ClN4O5S/c22-17-12-10-16(11-13-17)14-23-24-21(27)15-25(18-6-2-1-3-7-18)32(30,31)20-9-5-4-8-19(20)26(28)29/h1-14H,15H2,(H,24,27). The number of hydrogen-bond donors (Lipinski definition) is 1. The van der Waals surface area contributed by atoms with Crippen molar-refractivity contribution in [1.82, 2.24) is 5.43 Å². The third kappa shape index (κ3) is 5.48. The number of benzene rings is 3. The molecule has 1 amide bonds. The molecule has 0 atom stereocenters. The van der Waals surface area contributed by atoms with Crippen molar-refractivity contribution < 1.29 is 18.1 Å². The molecule has 3 rings (SSSR count). The monoisotopic (exact) mass is 472 g/mol. The summed E-state index contributed by atoms with van der Waals surface area (Å²) in [6, 6.07) is 19.5. The third-order valence-electron chi connectivity index (χ3n) is 4.23. The van der Waals surface area contributed by atoms with Gasteiger partial charge in [-0.05, 0) is 35.9 Å². The number of nitrogens with one attached hydrogen (secondary N) is 1. The molecule has 0 saturated heterocycles. The average Bonchev–Trinajstić information content (AvgIpc) is 2.79. The molecule has 0 unspecified atom stereocenters. The summed E-state index contributed by atoms with van der Waals surface area (Å²) in [5.74, 6) is -0.735. The molecule has 32 heavy (non-hydrogen) atoms. The van der Waals surface area contributed by atoms with Crippen LogP contribution in [0.3, 0.4) is 0 Å². The Balaban J connectivity index is 1.88. The molecule has 164 valence electrons. The van der Waals surface area contributed by atoms with E-state index in [1.165, 1.54) is 30.5 Å². The first-order valence-corrected chi connectivity index (χ1v) is 11.0. The fraction of sp³-hybridized carbons (Fsp3) is 0.0476. The van der Waals surface area contributed by atoms with Gasteiger partial charge < -0.3 is 0 Å². The highest BCUT2D eigenvalue weighted by Crippen LogP contribution is 2.29. The number of halogens is 1. The van der Waals surface area contributed by atoms with Crippen molar-refractivity contribution in [2.75, 3.05) is 10.8 Å². The maximum atomic E-state index is 13.3. The predicted octanol–water partition coefficient (Wildman–Crippen LogP) is 3.59. The number of para-hydroxylation sites is 2. The summed E-state index contributed by atoms with van der Waals surface area (Å²) < 4.78 is 27.4. The Kier molecular flexibility index (Phi) is 7.18. The molecule has 0 fully saturated rings. The lowest BCUT2D eigenvalue weighted by Crippen LogP contribution is -2.39. The molecule has 0 bridgehead atoms. The van der Waals surface area contributed by atoms with Crippen LogP contribution in [0.1, 0.15) is 5.56 Å². The molecule has 1 N–H and O–H groups in total. The van der Waals surface area contributed by atoms with Gasteiger partial charge in [-0.15, -0.1) is 0 Å². The van der Waals surface area contributed by atoms with Crippen LogP contribution in [0.2, 0.25) is 5.02 Å². The van der Waals surface area contributed by atoms with Gasteiger partial charge in [-0.1, -0.05) is 54.1 Å². The predicted molar refractivity (Wildman–Crippen MR) is 121 cm³/mol. The normalized spacial score (nSPS) is 11.3. The molecule has 0 heterocycles. The topological polar surface area (TPSA) is 122 Å². The van der Waals surface area contributed by atoms with Gasteiger partial charge in [0.2, 0.25) is 0 Å². The number of nitrogens with zero attached hydrogens (tertiary/aromatic N) is 3. The molecule has 11 heteroatoms. The van der Waals surface area contributed by atoms with Gasteiger partial charge in [-0.3, -0.25) is 19.2 Å². The van der Waals surface area contributed by atoms with Gasteiger partial charge in [0, 0.05) is 11.1 Å². The first kappa shape index (κ1) is 22.9. The molecule has 9 nitrogen and oxygen atoms in total. The number of carbonyl (C=O) groups is 1. The summed E-state index contributed by atoms with van der Waals surface area (Å²) in [6.07, 6.45) is 1.37. The van der Waals surface area contributed by atoms with E-state index < -0.39 is 38.0 Å². The fourth-order valence-corrected chi connectivity index (χ4v) is 4.45. The van der Waals surface area contributed by atoms with E-state index in [1.54, 1.807) is 42.5 Å². The zero-order valence-corrected chi connectivity index (χ0v) is 18.0. The lowest BCUT2D eigenvalue weighted by Gasteiger charge is -2.23. The Labute approximate surface area is 189 Å². The van der Waals surface area contributed by atoms with Crippen molar-refractivity contribution in [3.63, 3.8) is 0 Å². The number of carbonyl (C=O) groups excluding carboxylic acids is 1. The van der Waals surface area contributed by atoms with Crippen molar-refractivity contribution in [2.24, 2.45) is 5.10 Å². The van der Waals surface area contributed by atoms with Crippen LogP contribution in [0.15, 0.2) is 88.9 Å². The largest absolute Gasteiger partial charge is 0.289 e. The Morgan fingerprint density at radius 1 is 1.03 bits per heavy atom. The number of hydrazone groups is 1. The first-order chi connectivity index (χ1) is 15.3. The van der Waals surface area contributed by atoms with Gasteiger partial charge in [0.25, 0.3) is 21.6 Å². The van der Waals surface area contributed by atoms with E-state index >= 15 is 0 Å². The van der Waals surface area contributed by atoms with Crippen molar-refractivity contribution in [2.45, 2.75) is 4.90 Å². The molecule has 0 radical (unpaired) electrons. The van der Waals surface area contributed by atoms with Crippen LogP contribution in [-0.4, -0.2) is 32.0 Å². The van der Waals surface area contributed by atoms with E-state index in [2.05, 4.69) is 10.5 Å². The zero-order chi connectivity index (χ0) is 23.1. The maximum Gasteiger partial charge on any atom is 0.289 e. The number of nitro benzene ring substituents is 1. The number of hydrogen-bond acceptors (Lipinski definition) is 6. The molecule has 0 aliphatic heterocycles. The van der Waals surface area contributed by atoms with Gasteiger partial charge in [0.1, 0.15) is 6.54 Å². The minimum Gasteiger partial charge on any atom is -0.271 e. The molecule has 3 aromatic carbocycles. The van der Waals surface area contributed by atoms with E-state index in [0.29, 0.717) is 10.6 Å². The second-order valence-electron chi connectivity index (χ2n) is 6.42. The third-order valence-corrected chi connectivity index (χ3v) is 6.31. The Morgan fingerprint density at radius 2 is 1.66 bits per heavy atom. The summed E-state index contributed by atoms with van der Waals surface area (Å²) >= 11 is 5.82. The minimum absolute atomic E-state index is 0.169.